The van der Waals surface area contributed by atoms with Crippen molar-refractivity contribution in [3.8, 4) is 11.5 Å². The van der Waals surface area contributed by atoms with Crippen molar-refractivity contribution >= 4 is 23.0 Å². The van der Waals surface area contributed by atoms with E-state index in [2.05, 4.69) is 0 Å². The topological polar surface area (TPSA) is 76.1 Å². The third kappa shape index (κ3) is 3.16. The summed E-state index contributed by atoms with van der Waals surface area (Å²) < 4.78 is 11.2. The number of hydrogen-bond acceptors (Lipinski definition) is 6. The van der Waals surface area contributed by atoms with E-state index in [1.165, 1.54) is 11.3 Å². The van der Waals surface area contributed by atoms with Gasteiger partial charge in [0.05, 0.1) is 16.5 Å². The lowest BCUT2D eigenvalue weighted by Crippen LogP contribution is -2.32. The van der Waals surface area contributed by atoms with Gasteiger partial charge in [-0.15, -0.1) is 11.3 Å². The Balaban J connectivity index is 1.78. The number of aliphatic hydroxyl groups is 1. The Bertz CT molecular complexity index is 934. The molecule has 28 heavy (non-hydrogen) atoms. The second-order valence-electron chi connectivity index (χ2n) is 6.73. The highest BCUT2D eigenvalue weighted by Crippen LogP contribution is 2.42. The first-order valence-electron chi connectivity index (χ1n) is 9.33. The largest absolute Gasteiger partial charge is 0.503 e. The number of carbonyl (C=O) groups excluding carboxylic acids is 2. The van der Waals surface area contributed by atoms with E-state index in [0.29, 0.717) is 36.1 Å². The summed E-state index contributed by atoms with van der Waals surface area (Å²) in [6, 6.07) is 8.24. The fourth-order valence-electron chi connectivity index (χ4n) is 3.56. The predicted molar refractivity (Wildman–Crippen MR) is 105 cm³/mol. The molecule has 3 heterocycles. The van der Waals surface area contributed by atoms with Crippen molar-refractivity contribution in [3.63, 3.8) is 0 Å². The Morgan fingerprint density at radius 1 is 1.25 bits per heavy atom. The second-order valence-corrected chi connectivity index (χ2v) is 7.67. The lowest BCUT2D eigenvalue weighted by atomic mass is 9.95. The monoisotopic (exact) mass is 399 g/mol. The zero-order valence-electron chi connectivity index (χ0n) is 15.5. The number of fused-ring (bicyclic) bond motifs is 1. The molecule has 1 aromatic heterocycles. The quantitative estimate of drug-likeness (QED) is 0.746. The minimum atomic E-state index is -0.649. The Morgan fingerprint density at radius 2 is 2.04 bits per heavy atom. The summed E-state index contributed by atoms with van der Waals surface area (Å²) in [5.41, 5.74) is 0.845. The van der Waals surface area contributed by atoms with E-state index >= 15 is 0 Å². The first kappa shape index (κ1) is 18.6. The van der Waals surface area contributed by atoms with E-state index < -0.39 is 17.7 Å². The smallest absolute Gasteiger partial charge is 0.290 e. The molecule has 1 atom stereocenters. The third-order valence-corrected chi connectivity index (χ3v) is 5.80. The normalized spacial score (nSPS) is 18.7. The highest BCUT2D eigenvalue weighted by molar-refractivity contribution is 7.12. The number of hydrogen-bond donors (Lipinski definition) is 1. The summed E-state index contributed by atoms with van der Waals surface area (Å²) >= 11 is 1.29. The van der Waals surface area contributed by atoms with Gasteiger partial charge in [0.1, 0.15) is 13.2 Å². The maximum Gasteiger partial charge on any atom is 0.290 e. The Hall–Kier alpha value is -2.80. The van der Waals surface area contributed by atoms with E-state index in [0.717, 1.165) is 18.4 Å². The highest BCUT2D eigenvalue weighted by Gasteiger charge is 2.44. The van der Waals surface area contributed by atoms with Crippen LogP contribution in [-0.2, 0) is 4.79 Å². The molecule has 0 spiro atoms. The molecule has 2 aromatic rings. The second kappa shape index (κ2) is 7.67. The number of rotatable bonds is 6. The van der Waals surface area contributed by atoms with Crippen molar-refractivity contribution in [1.29, 1.82) is 0 Å². The van der Waals surface area contributed by atoms with Crippen LogP contribution in [0.4, 0.5) is 0 Å². The highest BCUT2D eigenvalue weighted by atomic mass is 32.1. The van der Waals surface area contributed by atoms with E-state index in [1.54, 1.807) is 34.5 Å². The predicted octanol–water partition coefficient (Wildman–Crippen LogP) is 3.90. The summed E-state index contributed by atoms with van der Waals surface area (Å²) in [5, 5.41) is 12.4. The summed E-state index contributed by atoms with van der Waals surface area (Å²) in [4.78, 5) is 28.0. The van der Waals surface area contributed by atoms with E-state index in [9.17, 15) is 14.7 Å². The lowest BCUT2D eigenvalue weighted by Gasteiger charge is -2.28. The molecule has 1 amide bonds. The van der Waals surface area contributed by atoms with Crippen LogP contribution in [0.1, 0.15) is 41.0 Å². The van der Waals surface area contributed by atoms with Crippen LogP contribution in [0, 0.1) is 0 Å². The van der Waals surface area contributed by atoms with Gasteiger partial charge < -0.3 is 19.5 Å². The summed E-state index contributed by atoms with van der Waals surface area (Å²) in [5.74, 6) is -0.0675. The standard InChI is InChI=1S/C21H21NO5S/c1-2-3-8-22-18(13-6-7-14-15(12-13)27-10-9-26-14)17(20(24)21(22)25)19(23)16-5-4-11-28-16/h4-7,11-12,18,24H,2-3,8-10H2,1H3. The van der Waals surface area contributed by atoms with Crippen molar-refractivity contribution in [1.82, 2.24) is 4.90 Å². The first-order valence-corrected chi connectivity index (χ1v) is 10.2. The average molecular weight is 399 g/mol. The summed E-state index contributed by atoms with van der Waals surface area (Å²) in [7, 11) is 0. The average Bonchev–Trinajstić information content (AvgIpc) is 3.34. The van der Waals surface area contributed by atoms with Crippen LogP contribution < -0.4 is 9.47 Å². The number of ether oxygens (including phenoxy) is 2. The van der Waals surface area contributed by atoms with Crippen molar-refractivity contribution in [2.75, 3.05) is 19.8 Å². The fraction of sp³-hybridized carbons (Fsp3) is 0.333. The molecule has 0 fully saturated rings. The molecule has 0 bridgehead atoms. The Labute approximate surface area is 167 Å². The van der Waals surface area contributed by atoms with Crippen LogP contribution >= 0.6 is 11.3 Å². The zero-order chi connectivity index (χ0) is 19.7. The van der Waals surface area contributed by atoms with E-state index in [4.69, 9.17) is 9.47 Å². The molecule has 2 aliphatic heterocycles. The molecule has 0 aliphatic carbocycles. The van der Waals surface area contributed by atoms with Gasteiger partial charge in [0.15, 0.2) is 17.3 Å². The number of carbonyl (C=O) groups is 2. The SMILES string of the molecule is CCCCN1C(=O)C(O)=C(C(=O)c2cccs2)C1c1ccc2c(c1)OCCO2. The number of benzene rings is 1. The number of amides is 1. The summed E-state index contributed by atoms with van der Waals surface area (Å²) in [6.45, 7) is 3.42. The van der Waals surface area contributed by atoms with Crippen LogP contribution in [-0.4, -0.2) is 41.5 Å². The molecule has 0 saturated carbocycles. The van der Waals surface area contributed by atoms with Gasteiger partial charge in [0.2, 0.25) is 5.78 Å². The van der Waals surface area contributed by atoms with Gasteiger partial charge in [-0.1, -0.05) is 25.5 Å². The van der Waals surface area contributed by atoms with Gasteiger partial charge in [-0.25, -0.2) is 0 Å². The lowest BCUT2D eigenvalue weighted by molar-refractivity contribution is -0.129. The van der Waals surface area contributed by atoms with Gasteiger partial charge in [-0.2, -0.15) is 0 Å². The molecular weight excluding hydrogens is 378 g/mol. The molecule has 6 nitrogen and oxygen atoms in total. The molecule has 7 heteroatoms. The Kier molecular flexibility index (Phi) is 5.09. The van der Waals surface area contributed by atoms with Crippen LogP contribution in [0.3, 0.4) is 0 Å². The number of aliphatic hydroxyl groups excluding tert-OH is 1. The van der Waals surface area contributed by atoms with Crippen molar-refractivity contribution < 1.29 is 24.2 Å². The van der Waals surface area contributed by atoms with E-state index in [-0.39, 0.29) is 11.4 Å². The molecule has 1 N–H and O–H groups in total. The number of Topliss-reactive ketones (excluding diaryl/α,β-unsaturated/α-hetero) is 1. The van der Waals surface area contributed by atoms with Crippen molar-refractivity contribution in [2.45, 2.75) is 25.8 Å². The zero-order valence-corrected chi connectivity index (χ0v) is 16.3. The van der Waals surface area contributed by atoms with Crippen LogP contribution in [0.25, 0.3) is 0 Å². The van der Waals surface area contributed by atoms with Crippen LogP contribution in [0.2, 0.25) is 0 Å². The maximum atomic E-state index is 13.1. The van der Waals surface area contributed by atoms with Gasteiger partial charge >= 0.3 is 0 Å². The van der Waals surface area contributed by atoms with Crippen LogP contribution in [0.15, 0.2) is 47.0 Å². The number of nitrogens with zero attached hydrogens (tertiary/aromatic N) is 1. The molecular formula is C21H21NO5S. The van der Waals surface area contributed by atoms with Gasteiger partial charge in [0.25, 0.3) is 5.91 Å². The molecule has 146 valence electrons. The third-order valence-electron chi connectivity index (χ3n) is 4.93. The summed E-state index contributed by atoms with van der Waals surface area (Å²) in [6.07, 6.45) is 1.67. The van der Waals surface area contributed by atoms with Gasteiger partial charge in [0, 0.05) is 6.54 Å². The molecule has 0 saturated heterocycles. The molecule has 1 aromatic carbocycles. The molecule has 4 rings (SSSR count). The van der Waals surface area contributed by atoms with E-state index in [1.807, 2.05) is 13.0 Å². The molecule has 2 aliphatic rings. The first-order chi connectivity index (χ1) is 13.6. The molecule has 0 radical (unpaired) electrons. The Morgan fingerprint density at radius 3 is 2.75 bits per heavy atom. The number of ketones is 1. The molecule has 1 unspecified atom stereocenters. The number of thiophene rings is 1. The minimum absolute atomic E-state index is 0.125. The maximum absolute atomic E-state index is 13.1. The van der Waals surface area contributed by atoms with Crippen molar-refractivity contribution in [2.24, 2.45) is 0 Å². The van der Waals surface area contributed by atoms with Crippen LogP contribution in [0.5, 0.6) is 11.5 Å². The fourth-order valence-corrected chi connectivity index (χ4v) is 4.24. The van der Waals surface area contributed by atoms with Gasteiger partial charge in [-0.3, -0.25) is 9.59 Å². The van der Waals surface area contributed by atoms with Crippen molar-refractivity contribution in [3.05, 3.63) is 57.5 Å². The van der Waals surface area contributed by atoms with Gasteiger partial charge in [-0.05, 0) is 35.6 Å². The number of unbranched alkanes of at least 4 members (excludes halogenated alkanes) is 1. The minimum Gasteiger partial charge on any atom is -0.503 e.